The van der Waals surface area contributed by atoms with Crippen molar-refractivity contribution >= 4 is 5.91 Å². The van der Waals surface area contributed by atoms with Crippen molar-refractivity contribution < 1.29 is 18.0 Å². The Morgan fingerprint density at radius 2 is 2.12 bits per heavy atom. The summed E-state index contributed by atoms with van der Waals surface area (Å²) in [6.07, 6.45) is 1.45. The van der Waals surface area contributed by atoms with Gasteiger partial charge in [-0.05, 0) is 30.7 Å². The number of hydrogen-bond donors (Lipinski definition) is 1. The zero-order valence-corrected chi connectivity index (χ0v) is 13.6. The standard InChI is InChI=1S/C16H16F3N5O/c1-4-15(3,5-2)20-13(25)10-24-22-14(21-23-24)11-7-6-8-12(9-11)16(17,18)19/h1,6-9H,5,10H2,2-3H3,(H,20,25)/t15-/m0/s1. The van der Waals surface area contributed by atoms with E-state index in [0.717, 1.165) is 16.9 Å². The van der Waals surface area contributed by atoms with Gasteiger partial charge in [0.2, 0.25) is 11.7 Å². The molecule has 0 spiro atoms. The molecule has 0 unspecified atom stereocenters. The summed E-state index contributed by atoms with van der Waals surface area (Å²) in [7, 11) is 0. The molecule has 2 rings (SSSR count). The molecule has 0 bridgehead atoms. The zero-order chi connectivity index (χ0) is 18.7. The van der Waals surface area contributed by atoms with E-state index in [-0.39, 0.29) is 17.9 Å². The Kier molecular flexibility index (Phi) is 5.11. The van der Waals surface area contributed by atoms with Crippen LogP contribution in [0, 0.1) is 12.3 Å². The monoisotopic (exact) mass is 351 g/mol. The van der Waals surface area contributed by atoms with Crippen molar-refractivity contribution in [2.75, 3.05) is 0 Å². The van der Waals surface area contributed by atoms with Gasteiger partial charge < -0.3 is 5.32 Å². The van der Waals surface area contributed by atoms with Crippen LogP contribution in [0.15, 0.2) is 24.3 Å². The Hall–Kier alpha value is -2.89. The summed E-state index contributed by atoms with van der Waals surface area (Å²) in [5, 5.41) is 14.0. The first-order chi connectivity index (χ1) is 11.7. The van der Waals surface area contributed by atoms with Crippen molar-refractivity contribution in [3.8, 4) is 23.7 Å². The fourth-order valence-corrected chi connectivity index (χ4v) is 1.96. The number of nitrogens with zero attached hydrogens (tertiary/aromatic N) is 4. The van der Waals surface area contributed by atoms with E-state index in [0.29, 0.717) is 6.42 Å². The Labute approximate surface area is 142 Å². The largest absolute Gasteiger partial charge is 0.416 e. The Morgan fingerprint density at radius 1 is 1.40 bits per heavy atom. The third-order valence-corrected chi connectivity index (χ3v) is 3.63. The molecule has 132 valence electrons. The van der Waals surface area contributed by atoms with Gasteiger partial charge in [-0.2, -0.15) is 18.0 Å². The second kappa shape index (κ2) is 6.93. The number of carbonyl (C=O) groups excluding carboxylic acids is 1. The number of benzene rings is 1. The lowest BCUT2D eigenvalue weighted by molar-refractivity contribution is -0.137. The third kappa shape index (κ3) is 4.56. The lowest BCUT2D eigenvalue weighted by atomic mass is 10.0. The summed E-state index contributed by atoms with van der Waals surface area (Å²) >= 11 is 0. The minimum atomic E-state index is -4.47. The first-order valence-electron chi connectivity index (χ1n) is 7.41. The van der Waals surface area contributed by atoms with Gasteiger partial charge in [-0.1, -0.05) is 25.0 Å². The van der Waals surface area contributed by atoms with Crippen molar-refractivity contribution in [2.45, 2.75) is 38.5 Å². The molecule has 2 aromatic rings. The highest BCUT2D eigenvalue weighted by molar-refractivity contribution is 5.77. The van der Waals surface area contributed by atoms with Crippen molar-refractivity contribution in [3.05, 3.63) is 29.8 Å². The molecule has 0 saturated heterocycles. The number of rotatable bonds is 5. The van der Waals surface area contributed by atoms with Crippen LogP contribution < -0.4 is 5.32 Å². The Balaban J connectivity index is 2.13. The quantitative estimate of drug-likeness (QED) is 0.839. The molecule has 1 heterocycles. The number of amides is 1. The smallest absolute Gasteiger partial charge is 0.338 e. The van der Waals surface area contributed by atoms with E-state index in [1.165, 1.54) is 12.1 Å². The average molecular weight is 351 g/mol. The summed E-state index contributed by atoms with van der Waals surface area (Å²) in [6.45, 7) is 3.29. The lowest BCUT2D eigenvalue weighted by Gasteiger charge is -2.22. The number of aromatic nitrogens is 4. The second-order valence-electron chi connectivity index (χ2n) is 5.60. The molecule has 1 N–H and O–H groups in total. The number of alkyl halides is 3. The van der Waals surface area contributed by atoms with Crippen LogP contribution in [0.3, 0.4) is 0 Å². The molecular weight excluding hydrogens is 335 g/mol. The van der Waals surface area contributed by atoms with Gasteiger partial charge in [-0.15, -0.1) is 16.6 Å². The first kappa shape index (κ1) is 18.4. The van der Waals surface area contributed by atoms with Crippen molar-refractivity contribution in [1.29, 1.82) is 0 Å². The molecule has 6 nitrogen and oxygen atoms in total. The van der Waals surface area contributed by atoms with Crippen LogP contribution in [0.2, 0.25) is 0 Å². The van der Waals surface area contributed by atoms with Crippen molar-refractivity contribution in [2.24, 2.45) is 0 Å². The second-order valence-corrected chi connectivity index (χ2v) is 5.60. The molecule has 0 aliphatic carbocycles. The van der Waals surface area contributed by atoms with E-state index in [1.54, 1.807) is 6.92 Å². The summed E-state index contributed by atoms with van der Waals surface area (Å²) in [4.78, 5) is 13.0. The van der Waals surface area contributed by atoms with Crippen LogP contribution in [-0.2, 0) is 17.5 Å². The molecule has 25 heavy (non-hydrogen) atoms. The van der Waals surface area contributed by atoms with E-state index in [4.69, 9.17) is 6.42 Å². The lowest BCUT2D eigenvalue weighted by Crippen LogP contribution is -2.45. The molecule has 0 aliphatic heterocycles. The number of carbonyl (C=O) groups is 1. The van der Waals surface area contributed by atoms with Crippen molar-refractivity contribution in [3.63, 3.8) is 0 Å². The number of terminal acetylenes is 1. The van der Waals surface area contributed by atoms with Gasteiger partial charge in [0.1, 0.15) is 6.54 Å². The zero-order valence-electron chi connectivity index (χ0n) is 13.6. The summed E-state index contributed by atoms with van der Waals surface area (Å²) < 4.78 is 38.3. The number of hydrogen-bond acceptors (Lipinski definition) is 4. The van der Waals surface area contributed by atoms with Gasteiger partial charge in [0, 0.05) is 5.56 Å². The molecule has 1 aromatic heterocycles. The van der Waals surface area contributed by atoms with Crippen LogP contribution in [0.1, 0.15) is 25.8 Å². The molecule has 1 amide bonds. The maximum absolute atomic E-state index is 12.8. The summed E-state index contributed by atoms with van der Waals surface area (Å²) in [5.74, 6) is 2.07. The average Bonchev–Trinajstić information content (AvgIpc) is 3.02. The highest BCUT2D eigenvalue weighted by Crippen LogP contribution is 2.31. The summed E-state index contributed by atoms with van der Waals surface area (Å²) in [5.41, 5.74) is -1.45. The molecule has 0 aliphatic rings. The van der Waals surface area contributed by atoms with E-state index in [2.05, 4.69) is 26.6 Å². The van der Waals surface area contributed by atoms with Gasteiger partial charge in [0.25, 0.3) is 0 Å². The topological polar surface area (TPSA) is 72.7 Å². The molecule has 9 heteroatoms. The Morgan fingerprint density at radius 3 is 2.72 bits per heavy atom. The van der Waals surface area contributed by atoms with Gasteiger partial charge in [0.15, 0.2) is 0 Å². The van der Waals surface area contributed by atoms with Crippen molar-refractivity contribution in [1.82, 2.24) is 25.5 Å². The van der Waals surface area contributed by atoms with E-state index in [1.807, 2.05) is 6.92 Å². The number of halogens is 3. The molecule has 0 saturated carbocycles. The normalized spacial score (nSPS) is 13.8. The highest BCUT2D eigenvalue weighted by atomic mass is 19.4. The van der Waals surface area contributed by atoms with E-state index < -0.39 is 23.2 Å². The third-order valence-electron chi connectivity index (χ3n) is 3.63. The minimum absolute atomic E-state index is 0.00546. The van der Waals surface area contributed by atoms with Crippen LogP contribution in [0.25, 0.3) is 11.4 Å². The number of tetrazole rings is 1. The predicted octanol–water partition coefficient (Wildman–Crippen LogP) is 2.28. The van der Waals surface area contributed by atoms with Gasteiger partial charge in [0.05, 0.1) is 11.1 Å². The predicted molar refractivity (Wildman–Crippen MR) is 83.9 cm³/mol. The fourth-order valence-electron chi connectivity index (χ4n) is 1.96. The fraction of sp³-hybridized carbons (Fsp3) is 0.375. The first-order valence-corrected chi connectivity index (χ1v) is 7.41. The van der Waals surface area contributed by atoms with Crippen LogP contribution in [-0.4, -0.2) is 31.7 Å². The van der Waals surface area contributed by atoms with Crippen LogP contribution in [0.5, 0.6) is 0 Å². The van der Waals surface area contributed by atoms with Gasteiger partial charge >= 0.3 is 6.18 Å². The van der Waals surface area contributed by atoms with Gasteiger partial charge in [-0.3, -0.25) is 4.79 Å². The molecule has 0 radical (unpaired) electrons. The minimum Gasteiger partial charge on any atom is -0.338 e. The summed E-state index contributed by atoms with van der Waals surface area (Å²) in [6, 6.07) is 4.56. The maximum Gasteiger partial charge on any atom is 0.416 e. The Bertz CT molecular complexity index is 809. The molecular formula is C16H16F3N5O. The number of nitrogens with one attached hydrogen (secondary N) is 1. The highest BCUT2D eigenvalue weighted by Gasteiger charge is 2.30. The van der Waals surface area contributed by atoms with Crippen LogP contribution >= 0.6 is 0 Å². The van der Waals surface area contributed by atoms with E-state index >= 15 is 0 Å². The van der Waals surface area contributed by atoms with Crippen LogP contribution in [0.4, 0.5) is 13.2 Å². The molecule has 1 atom stereocenters. The molecule has 1 aromatic carbocycles. The molecule has 0 fully saturated rings. The maximum atomic E-state index is 12.8. The SMILES string of the molecule is C#C[C@@](C)(CC)NC(=O)Cn1nnc(-c2cccc(C(F)(F)F)c2)n1. The van der Waals surface area contributed by atoms with E-state index in [9.17, 15) is 18.0 Å². The van der Waals surface area contributed by atoms with Gasteiger partial charge in [-0.25, -0.2) is 0 Å².